The first-order chi connectivity index (χ1) is 9.18. The molecule has 20 heavy (non-hydrogen) atoms. The van der Waals surface area contributed by atoms with Crippen molar-refractivity contribution in [3.63, 3.8) is 0 Å². The smallest absolute Gasteiger partial charge is 0.464 e. The standard InChI is InChI=1S/C14H20BNO4/c1-9-7-8-10(11(16-9)12(17)18-6)15-19-13(2,3)14(4,5)20-15/h7-8H,1-6H3. The zero-order chi connectivity index (χ0) is 15.1. The van der Waals surface area contributed by atoms with Gasteiger partial charge in [-0.1, -0.05) is 6.07 Å². The van der Waals surface area contributed by atoms with Crippen LogP contribution in [-0.4, -0.2) is 36.4 Å². The van der Waals surface area contributed by atoms with Crippen LogP contribution in [0, 0.1) is 6.92 Å². The van der Waals surface area contributed by atoms with E-state index < -0.39 is 24.3 Å². The third-order valence-corrected chi connectivity index (χ3v) is 3.95. The normalized spacial score (nSPS) is 20.0. The number of hydrogen-bond acceptors (Lipinski definition) is 5. The number of aromatic nitrogens is 1. The molecule has 6 heteroatoms. The number of carbonyl (C=O) groups excluding carboxylic acids is 1. The quantitative estimate of drug-likeness (QED) is 0.605. The molecule has 0 aliphatic carbocycles. The summed E-state index contributed by atoms with van der Waals surface area (Å²) < 4.78 is 16.7. The number of ether oxygens (including phenoxy) is 1. The van der Waals surface area contributed by atoms with Gasteiger partial charge in [0, 0.05) is 11.2 Å². The van der Waals surface area contributed by atoms with E-state index in [0.29, 0.717) is 5.46 Å². The van der Waals surface area contributed by atoms with Gasteiger partial charge in [0.05, 0.1) is 18.3 Å². The highest BCUT2D eigenvalue weighted by atomic mass is 16.7. The average Bonchev–Trinajstić information content (AvgIpc) is 2.57. The molecule has 2 heterocycles. The van der Waals surface area contributed by atoms with Gasteiger partial charge < -0.3 is 14.0 Å². The molecule has 1 fully saturated rings. The number of nitrogens with zero attached hydrogens (tertiary/aromatic N) is 1. The van der Waals surface area contributed by atoms with Crippen molar-refractivity contribution in [3.8, 4) is 0 Å². The van der Waals surface area contributed by atoms with Gasteiger partial charge in [-0.2, -0.15) is 0 Å². The Balaban J connectivity index is 2.42. The number of aryl methyl sites for hydroxylation is 1. The Morgan fingerprint density at radius 1 is 1.20 bits per heavy atom. The molecular formula is C14H20BNO4. The summed E-state index contributed by atoms with van der Waals surface area (Å²) in [6.07, 6.45) is 0. The summed E-state index contributed by atoms with van der Waals surface area (Å²) in [5, 5.41) is 0. The second kappa shape index (κ2) is 4.86. The van der Waals surface area contributed by atoms with Gasteiger partial charge in [-0.3, -0.25) is 0 Å². The van der Waals surface area contributed by atoms with Crippen molar-refractivity contribution >= 4 is 18.6 Å². The molecular weight excluding hydrogens is 257 g/mol. The Morgan fingerprint density at radius 3 is 2.25 bits per heavy atom. The molecule has 0 amide bonds. The molecule has 1 aliphatic rings. The van der Waals surface area contributed by atoms with Crippen molar-refractivity contribution in [3.05, 3.63) is 23.5 Å². The lowest BCUT2D eigenvalue weighted by atomic mass is 9.77. The lowest BCUT2D eigenvalue weighted by Gasteiger charge is -2.32. The fourth-order valence-electron chi connectivity index (χ4n) is 1.99. The molecule has 1 aliphatic heterocycles. The number of rotatable bonds is 2. The van der Waals surface area contributed by atoms with E-state index in [1.54, 1.807) is 6.07 Å². The highest BCUT2D eigenvalue weighted by molar-refractivity contribution is 6.63. The van der Waals surface area contributed by atoms with E-state index in [-0.39, 0.29) is 5.69 Å². The molecule has 0 N–H and O–H groups in total. The van der Waals surface area contributed by atoms with Crippen molar-refractivity contribution < 1.29 is 18.8 Å². The SMILES string of the molecule is COC(=O)c1nc(C)ccc1B1OC(C)(C)C(C)(C)O1. The Morgan fingerprint density at radius 2 is 1.75 bits per heavy atom. The Hall–Kier alpha value is -1.40. The van der Waals surface area contributed by atoms with Crippen LogP contribution >= 0.6 is 0 Å². The zero-order valence-corrected chi connectivity index (χ0v) is 12.8. The van der Waals surface area contributed by atoms with Gasteiger partial charge in [-0.15, -0.1) is 0 Å². The molecule has 1 saturated heterocycles. The van der Waals surface area contributed by atoms with Crippen molar-refractivity contribution in [1.29, 1.82) is 0 Å². The molecule has 0 spiro atoms. The molecule has 0 unspecified atom stereocenters. The fraction of sp³-hybridized carbons (Fsp3) is 0.571. The number of carbonyl (C=O) groups is 1. The largest absolute Gasteiger partial charge is 0.497 e. The second-order valence-electron chi connectivity index (χ2n) is 5.97. The van der Waals surface area contributed by atoms with Crippen LogP contribution in [0.15, 0.2) is 12.1 Å². The Bertz CT molecular complexity index is 526. The molecule has 108 valence electrons. The Kier molecular flexibility index (Phi) is 3.65. The monoisotopic (exact) mass is 277 g/mol. The minimum absolute atomic E-state index is 0.242. The van der Waals surface area contributed by atoms with E-state index in [0.717, 1.165) is 5.69 Å². The number of methoxy groups -OCH3 is 1. The van der Waals surface area contributed by atoms with Crippen LogP contribution < -0.4 is 5.46 Å². The van der Waals surface area contributed by atoms with E-state index in [1.807, 2.05) is 40.7 Å². The molecule has 0 radical (unpaired) electrons. The summed E-state index contributed by atoms with van der Waals surface area (Å²) in [6, 6.07) is 3.63. The van der Waals surface area contributed by atoms with Crippen molar-refractivity contribution in [1.82, 2.24) is 4.98 Å². The third-order valence-electron chi connectivity index (χ3n) is 3.95. The highest BCUT2D eigenvalue weighted by Gasteiger charge is 2.52. The summed E-state index contributed by atoms with van der Waals surface area (Å²) in [6.45, 7) is 9.68. The van der Waals surface area contributed by atoms with Gasteiger partial charge in [0.25, 0.3) is 0 Å². The summed E-state index contributed by atoms with van der Waals surface area (Å²) in [4.78, 5) is 16.1. The van der Waals surface area contributed by atoms with E-state index in [1.165, 1.54) is 7.11 Å². The van der Waals surface area contributed by atoms with Gasteiger partial charge >= 0.3 is 13.1 Å². The second-order valence-corrected chi connectivity index (χ2v) is 5.97. The van der Waals surface area contributed by atoms with Crippen LogP contribution in [0.5, 0.6) is 0 Å². The minimum atomic E-state index is -0.623. The first-order valence-corrected chi connectivity index (χ1v) is 6.59. The maximum absolute atomic E-state index is 11.9. The summed E-state index contributed by atoms with van der Waals surface area (Å²) in [7, 11) is 0.711. The summed E-state index contributed by atoms with van der Waals surface area (Å²) >= 11 is 0. The Labute approximate surface area is 119 Å². The number of pyridine rings is 1. The van der Waals surface area contributed by atoms with E-state index in [9.17, 15) is 4.79 Å². The minimum Gasteiger partial charge on any atom is -0.464 e. The maximum Gasteiger partial charge on any atom is 0.497 e. The molecule has 0 bridgehead atoms. The molecule has 1 aromatic heterocycles. The van der Waals surface area contributed by atoms with E-state index >= 15 is 0 Å². The average molecular weight is 277 g/mol. The van der Waals surface area contributed by atoms with Crippen LogP contribution in [0.2, 0.25) is 0 Å². The van der Waals surface area contributed by atoms with Crippen LogP contribution in [0.4, 0.5) is 0 Å². The van der Waals surface area contributed by atoms with E-state index in [4.69, 9.17) is 14.0 Å². The van der Waals surface area contributed by atoms with Gasteiger partial charge in [0.15, 0.2) is 0 Å². The van der Waals surface area contributed by atoms with Gasteiger partial charge in [-0.05, 0) is 40.7 Å². The maximum atomic E-state index is 11.9. The first-order valence-electron chi connectivity index (χ1n) is 6.59. The molecule has 0 aromatic carbocycles. The van der Waals surface area contributed by atoms with Gasteiger partial charge in [0.1, 0.15) is 5.69 Å². The van der Waals surface area contributed by atoms with Gasteiger partial charge in [0.2, 0.25) is 0 Å². The van der Waals surface area contributed by atoms with Crippen LogP contribution in [0.1, 0.15) is 43.9 Å². The van der Waals surface area contributed by atoms with Crippen LogP contribution in [-0.2, 0) is 14.0 Å². The lowest BCUT2D eigenvalue weighted by molar-refractivity contribution is 0.00578. The van der Waals surface area contributed by atoms with Crippen molar-refractivity contribution in [2.45, 2.75) is 45.8 Å². The van der Waals surface area contributed by atoms with Crippen LogP contribution in [0.3, 0.4) is 0 Å². The first kappa shape index (κ1) is 15.0. The summed E-state index contributed by atoms with van der Waals surface area (Å²) in [5.74, 6) is -0.488. The molecule has 5 nitrogen and oxygen atoms in total. The molecule has 2 rings (SSSR count). The summed E-state index contributed by atoms with van der Waals surface area (Å²) in [5.41, 5.74) is 0.657. The van der Waals surface area contributed by atoms with Gasteiger partial charge in [-0.25, -0.2) is 9.78 Å². The topological polar surface area (TPSA) is 57.7 Å². The fourth-order valence-corrected chi connectivity index (χ4v) is 1.99. The van der Waals surface area contributed by atoms with Crippen molar-refractivity contribution in [2.24, 2.45) is 0 Å². The predicted octanol–water partition coefficient (Wildman–Crippen LogP) is 1.48. The highest BCUT2D eigenvalue weighted by Crippen LogP contribution is 2.36. The van der Waals surface area contributed by atoms with E-state index in [2.05, 4.69) is 4.98 Å². The lowest BCUT2D eigenvalue weighted by Crippen LogP contribution is -2.41. The zero-order valence-electron chi connectivity index (χ0n) is 12.8. The molecule has 0 atom stereocenters. The third kappa shape index (κ3) is 2.45. The van der Waals surface area contributed by atoms with Crippen LogP contribution in [0.25, 0.3) is 0 Å². The molecule has 1 aromatic rings. The molecule has 0 saturated carbocycles. The van der Waals surface area contributed by atoms with Crippen molar-refractivity contribution in [2.75, 3.05) is 7.11 Å². The number of esters is 1. The number of hydrogen-bond donors (Lipinski definition) is 0. The predicted molar refractivity (Wildman–Crippen MR) is 76.0 cm³/mol.